The summed E-state index contributed by atoms with van der Waals surface area (Å²) < 4.78 is 10.2. The molecule has 4 rings (SSSR count). The maximum absolute atomic E-state index is 12.2. The van der Waals surface area contributed by atoms with Crippen molar-refractivity contribution in [1.29, 1.82) is 0 Å². The number of rotatable bonds is 6. The van der Waals surface area contributed by atoms with Crippen molar-refractivity contribution in [3.63, 3.8) is 0 Å². The Labute approximate surface area is 180 Å². The van der Waals surface area contributed by atoms with Crippen molar-refractivity contribution in [2.45, 2.75) is 5.92 Å². The summed E-state index contributed by atoms with van der Waals surface area (Å²) >= 11 is 0. The quantitative estimate of drug-likeness (QED) is 0.604. The zero-order chi connectivity index (χ0) is 21.6. The first kappa shape index (κ1) is 20.3. The topological polar surface area (TPSA) is 77.5 Å². The molecule has 0 bridgehead atoms. The van der Waals surface area contributed by atoms with Crippen molar-refractivity contribution in [1.82, 2.24) is 10.3 Å². The van der Waals surface area contributed by atoms with Crippen LogP contribution in [0.3, 0.4) is 0 Å². The van der Waals surface area contributed by atoms with Crippen molar-refractivity contribution >= 4 is 18.1 Å². The van der Waals surface area contributed by atoms with E-state index in [2.05, 4.69) is 34.6 Å². The molecular formula is C25H22N2O4. The van der Waals surface area contributed by atoms with Gasteiger partial charge in [-0.25, -0.2) is 9.59 Å². The molecule has 6 heteroatoms. The van der Waals surface area contributed by atoms with Gasteiger partial charge in [-0.1, -0.05) is 54.6 Å². The fourth-order valence-corrected chi connectivity index (χ4v) is 3.76. The number of carbonyl (C=O) groups excluding carboxylic acids is 2. The number of benzene rings is 2. The Morgan fingerprint density at radius 1 is 1.03 bits per heavy atom. The average Bonchev–Trinajstić information content (AvgIpc) is 3.14. The fraction of sp³-hybridized carbons (Fsp3) is 0.160. The lowest BCUT2D eigenvalue weighted by molar-refractivity contribution is 0.0600. The molecule has 3 aromatic rings. The summed E-state index contributed by atoms with van der Waals surface area (Å²) in [6.45, 7) is 0.549. The zero-order valence-electron chi connectivity index (χ0n) is 17.1. The number of methoxy groups -OCH3 is 1. The predicted octanol–water partition coefficient (Wildman–Crippen LogP) is 4.42. The number of hydrogen-bond acceptors (Lipinski definition) is 5. The van der Waals surface area contributed by atoms with Crippen LogP contribution in [-0.4, -0.2) is 37.3 Å². The number of ether oxygens (including phenoxy) is 2. The molecule has 1 aliphatic carbocycles. The number of fused-ring (bicyclic) bond motifs is 3. The van der Waals surface area contributed by atoms with Gasteiger partial charge in [-0.3, -0.25) is 4.98 Å². The van der Waals surface area contributed by atoms with Gasteiger partial charge in [0.05, 0.1) is 18.4 Å². The Morgan fingerprint density at radius 3 is 2.39 bits per heavy atom. The third kappa shape index (κ3) is 4.48. The number of pyridine rings is 1. The van der Waals surface area contributed by atoms with Gasteiger partial charge in [0.1, 0.15) is 6.61 Å². The number of carbonyl (C=O) groups is 2. The summed E-state index contributed by atoms with van der Waals surface area (Å²) in [4.78, 5) is 27.9. The van der Waals surface area contributed by atoms with Gasteiger partial charge >= 0.3 is 12.1 Å². The minimum absolute atomic E-state index is 0.0268. The SMILES string of the molecule is COC(=O)c1ccnc(C=CCNC(=O)OCC2c3ccccc3-c3ccccc32)c1. The lowest BCUT2D eigenvalue weighted by Crippen LogP contribution is -2.26. The number of amides is 1. The van der Waals surface area contributed by atoms with Crippen molar-refractivity contribution in [2.75, 3.05) is 20.3 Å². The van der Waals surface area contributed by atoms with Gasteiger partial charge in [0, 0.05) is 18.7 Å². The molecule has 0 spiro atoms. The molecule has 0 fully saturated rings. The second kappa shape index (κ2) is 9.26. The van der Waals surface area contributed by atoms with Gasteiger partial charge < -0.3 is 14.8 Å². The lowest BCUT2D eigenvalue weighted by atomic mass is 9.98. The molecule has 0 aliphatic heterocycles. The highest BCUT2D eigenvalue weighted by Crippen LogP contribution is 2.44. The van der Waals surface area contributed by atoms with Gasteiger partial charge in [-0.2, -0.15) is 0 Å². The smallest absolute Gasteiger partial charge is 0.407 e. The molecule has 156 valence electrons. The van der Waals surface area contributed by atoms with Crippen LogP contribution in [0.4, 0.5) is 4.79 Å². The number of nitrogens with zero attached hydrogens (tertiary/aromatic N) is 1. The van der Waals surface area contributed by atoms with Gasteiger partial charge in [-0.05, 0) is 40.5 Å². The highest BCUT2D eigenvalue weighted by atomic mass is 16.5. The van der Waals surface area contributed by atoms with E-state index in [1.165, 1.54) is 35.6 Å². The van der Waals surface area contributed by atoms with E-state index >= 15 is 0 Å². The Kier molecular flexibility index (Phi) is 6.08. The number of esters is 1. The number of hydrogen-bond donors (Lipinski definition) is 1. The monoisotopic (exact) mass is 414 g/mol. The van der Waals surface area contributed by atoms with Crippen molar-refractivity contribution in [2.24, 2.45) is 0 Å². The molecule has 1 aliphatic rings. The minimum Gasteiger partial charge on any atom is -0.465 e. The molecule has 0 unspecified atom stereocenters. The summed E-state index contributed by atoms with van der Waals surface area (Å²) in [6, 6.07) is 19.6. The molecule has 0 atom stereocenters. The number of alkyl carbamates (subject to hydrolysis) is 1. The standard InChI is InChI=1S/C25H22N2O4/c1-30-24(28)17-12-14-26-18(15-17)7-6-13-27-25(29)31-16-23-21-10-4-2-8-19(21)20-9-3-5-11-22(20)23/h2-12,14-15,23H,13,16H2,1H3,(H,27,29). The Morgan fingerprint density at radius 2 is 1.71 bits per heavy atom. The maximum Gasteiger partial charge on any atom is 0.407 e. The highest BCUT2D eigenvalue weighted by molar-refractivity contribution is 5.89. The normalized spacial score (nSPS) is 12.3. The van der Waals surface area contributed by atoms with Gasteiger partial charge in [0.2, 0.25) is 0 Å². The second-order valence-corrected chi connectivity index (χ2v) is 7.07. The minimum atomic E-state index is -0.484. The van der Waals surface area contributed by atoms with Crippen LogP contribution in [0.15, 0.2) is 72.9 Å². The van der Waals surface area contributed by atoms with Crippen molar-refractivity contribution in [3.05, 3.63) is 95.3 Å². The molecule has 1 aromatic heterocycles. The third-order valence-electron chi connectivity index (χ3n) is 5.20. The molecule has 1 N–H and O–H groups in total. The first-order valence-corrected chi connectivity index (χ1v) is 9.97. The van der Waals surface area contributed by atoms with E-state index in [0.717, 1.165) is 0 Å². The van der Waals surface area contributed by atoms with E-state index in [1.54, 1.807) is 24.3 Å². The Bertz CT molecular complexity index is 1090. The lowest BCUT2D eigenvalue weighted by Gasteiger charge is -2.14. The molecule has 31 heavy (non-hydrogen) atoms. The fourth-order valence-electron chi connectivity index (χ4n) is 3.76. The third-order valence-corrected chi connectivity index (χ3v) is 5.20. The molecule has 0 saturated heterocycles. The maximum atomic E-state index is 12.2. The summed E-state index contributed by atoms with van der Waals surface area (Å²) in [6.07, 6.45) is 4.51. The summed E-state index contributed by atoms with van der Waals surface area (Å²) in [7, 11) is 1.33. The summed E-state index contributed by atoms with van der Waals surface area (Å²) in [5.41, 5.74) is 5.74. The van der Waals surface area contributed by atoms with Crippen LogP contribution in [-0.2, 0) is 9.47 Å². The van der Waals surface area contributed by atoms with Crippen LogP contribution in [0.2, 0.25) is 0 Å². The largest absolute Gasteiger partial charge is 0.465 e. The molecule has 0 saturated carbocycles. The average molecular weight is 414 g/mol. The molecule has 1 amide bonds. The zero-order valence-corrected chi connectivity index (χ0v) is 17.1. The Balaban J connectivity index is 1.31. The van der Waals surface area contributed by atoms with Crippen LogP contribution in [0, 0.1) is 0 Å². The first-order valence-electron chi connectivity index (χ1n) is 9.97. The second-order valence-electron chi connectivity index (χ2n) is 7.07. The van der Waals surface area contributed by atoms with Crippen LogP contribution in [0.1, 0.15) is 33.1 Å². The van der Waals surface area contributed by atoms with Crippen molar-refractivity contribution < 1.29 is 19.1 Å². The van der Waals surface area contributed by atoms with Gasteiger partial charge in [0.25, 0.3) is 0 Å². The van der Waals surface area contributed by atoms with Gasteiger partial charge in [0.15, 0.2) is 0 Å². The van der Waals surface area contributed by atoms with Gasteiger partial charge in [-0.15, -0.1) is 0 Å². The number of nitrogens with one attached hydrogen (secondary N) is 1. The Hall–Kier alpha value is -3.93. The molecule has 1 heterocycles. The summed E-state index contributed by atoms with van der Waals surface area (Å²) in [5.74, 6) is -0.396. The van der Waals surface area contributed by atoms with Crippen LogP contribution >= 0.6 is 0 Å². The molecular weight excluding hydrogens is 392 g/mol. The van der Waals surface area contributed by atoms with E-state index in [-0.39, 0.29) is 19.1 Å². The van der Waals surface area contributed by atoms with E-state index in [1.807, 2.05) is 24.3 Å². The molecule has 2 aromatic carbocycles. The van der Waals surface area contributed by atoms with Crippen LogP contribution in [0.25, 0.3) is 17.2 Å². The molecule has 6 nitrogen and oxygen atoms in total. The molecule has 0 radical (unpaired) electrons. The van der Waals surface area contributed by atoms with E-state index < -0.39 is 12.1 Å². The summed E-state index contributed by atoms with van der Waals surface area (Å²) in [5, 5.41) is 2.71. The first-order chi connectivity index (χ1) is 15.2. The van der Waals surface area contributed by atoms with Crippen molar-refractivity contribution in [3.8, 4) is 11.1 Å². The predicted molar refractivity (Wildman–Crippen MR) is 118 cm³/mol. The van der Waals surface area contributed by atoms with E-state index in [4.69, 9.17) is 9.47 Å². The van der Waals surface area contributed by atoms with E-state index in [0.29, 0.717) is 11.3 Å². The van der Waals surface area contributed by atoms with Crippen LogP contribution < -0.4 is 5.32 Å². The number of aromatic nitrogens is 1. The van der Waals surface area contributed by atoms with E-state index in [9.17, 15) is 9.59 Å². The highest BCUT2D eigenvalue weighted by Gasteiger charge is 2.28. The van der Waals surface area contributed by atoms with Crippen LogP contribution in [0.5, 0.6) is 0 Å².